The molecule has 120 valence electrons. The van der Waals surface area contributed by atoms with E-state index >= 15 is 0 Å². The normalized spacial score (nSPS) is 10.1. The van der Waals surface area contributed by atoms with Gasteiger partial charge >= 0.3 is 0 Å². The molecule has 0 saturated heterocycles. The van der Waals surface area contributed by atoms with E-state index in [4.69, 9.17) is 11.6 Å². The van der Waals surface area contributed by atoms with Crippen molar-refractivity contribution in [3.05, 3.63) is 70.7 Å². The van der Waals surface area contributed by atoms with E-state index in [1.165, 1.54) is 0 Å². The first kappa shape index (κ1) is 17.0. The maximum absolute atomic E-state index is 11.8. The summed E-state index contributed by atoms with van der Waals surface area (Å²) in [6.45, 7) is 0.797. The minimum atomic E-state index is -0.143. The third kappa shape index (κ3) is 5.75. The Hall–Kier alpha value is -2.33. The van der Waals surface area contributed by atoms with Gasteiger partial charge in [-0.05, 0) is 30.2 Å². The fourth-order valence-electron chi connectivity index (χ4n) is 2.11. The molecule has 0 bridgehead atoms. The van der Waals surface area contributed by atoms with Crippen LogP contribution in [0.3, 0.4) is 0 Å². The highest BCUT2D eigenvalue weighted by Crippen LogP contribution is 2.16. The van der Waals surface area contributed by atoms with Crippen LogP contribution in [0.2, 0.25) is 5.02 Å². The molecule has 23 heavy (non-hydrogen) atoms. The lowest BCUT2D eigenvalue weighted by Gasteiger charge is -2.08. The highest BCUT2D eigenvalue weighted by molar-refractivity contribution is 6.31. The molecule has 0 unspecified atom stereocenters. The van der Waals surface area contributed by atoms with Crippen LogP contribution in [-0.4, -0.2) is 24.9 Å². The van der Waals surface area contributed by atoms with E-state index in [0.717, 1.165) is 5.56 Å². The summed E-state index contributed by atoms with van der Waals surface area (Å²) < 4.78 is 0. The van der Waals surface area contributed by atoms with Gasteiger partial charge in [-0.1, -0.05) is 48.0 Å². The molecule has 0 radical (unpaired) electrons. The summed E-state index contributed by atoms with van der Waals surface area (Å²) in [6, 6.07) is 16.5. The third-order valence-electron chi connectivity index (χ3n) is 3.35. The molecule has 0 heterocycles. The van der Waals surface area contributed by atoms with E-state index in [9.17, 15) is 9.59 Å². The average Bonchev–Trinajstić information content (AvgIpc) is 2.58. The summed E-state index contributed by atoms with van der Waals surface area (Å²) in [7, 11) is 0. The predicted octanol–water partition coefficient (Wildman–Crippen LogP) is 2.82. The molecular weight excluding hydrogens is 312 g/mol. The van der Waals surface area contributed by atoms with Gasteiger partial charge in [0, 0.05) is 30.1 Å². The minimum absolute atomic E-state index is 0.0566. The van der Waals surface area contributed by atoms with E-state index in [-0.39, 0.29) is 11.8 Å². The maximum Gasteiger partial charge on any atom is 0.251 e. The highest BCUT2D eigenvalue weighted by atomic mass is 35.5. The van der Waals surface area contributed by atoms with Gasteiger partial charge in [0.1, 0.15) is 0 Å². The number of aryl methyl sites for hydroxylation is 1. The Labute approximate surface area is 140 Å². The van der Waals surface area contributed by atoms with E-state index in [0.29, 0.717) is 36.5 Å². The standard InChI is InChI=1S/C18H19ClN2O2/c19-16-9-5-4-6-14(16)10-11-17(22)20-12-13-21-18(23)15-7-2-1-3-8-15/h1-9H,10-13H2,(H,20,22)(H,21,23). The quantitative estimate of drug-likeness (QED) is 0.767. The molecule has 2 rings (SSSR count). The first-order valence-corrected chi connectivity index (χ1v) is 7.88. The molecule has 2 aromatic carbocycles. The molecule has 0 spiro atoms. The summed E-state index contributed by atoms with van der Waals surface area (Å²) in [4.78, 5) is 23.6. The van der Waals surface area contributed by atoms with Crippen LogP contribution in [0, 0.1) is 0 Å². The van der Waals surface area contributed by atoms with Gasteiger partial charge in [0.05, 0.1) is 0 Å². The number of hydrogen-bond acceptors (Lipinski definition) is 2. The van der Waals surface area contributed by atoms with Gasteiger partial charge < -0.3 is 10.6 Å². The number of carbonyl (C=O) groups is 2. The van der Waals surface area contributed by atoms with Gasteiger partial charge in [0.15, 0.2) is 0 Å². The van der Waals surface area contributed by atoms with Crippen LogP contribution in [0.5, 0.6) is 0 Å². The lowest BCUT2D eigenvalue weighted by atomic mass is 10.1. The molecule has 2 aromatic rings. The second-order valence-corrected chi connectivity index (χ2v) is 5.47. The largest absolute Gasteiger partial charge is 0.354 e. The number of carbonyl (C=O) groups excluding carboxylic acids is 2. The number of benzene rings is 2. The fraction of sp³-hybridized carbons (Fsp3) is 0.222. The number of halogens is 1. The summed E-state index contributed by atoms with van der Waals surface area (Å²) in [5, 5.41) is 6.22. The van der Waals surface area contributed by atoms with Crippen LogP contribution in [-0.2, 0) is 11.2 Å². The van der Waals surface area contributed by atoms with Gasteiger partial charge in [0.25, 0.3) is 5.91 Å². The molecular formula is C18H19ClN2O2. The molecule has 0 atom stereocenters. The summed E-state index contributed by atoms with van der Waals surface area (Å²) in [6.07, 6.45) is 0.970. The zero-order valence-corrected chi connectivity index (χ0v) is 13.5. The summed E-state index contributed by atoms with van der Waals surface area (Å²) in [5.41, 5.74) is 1.57. The monoisotopic (exact) mass is 330 g/mol. The molecule has 0 fully saturated rings. The van der Waals surface area contributed by atoms with Crippen LogP contribution in [0.25, 0.3) is 0 Å². The Kier molecular flexibility index (Phi) is 6.63. The second-order valence-electron chi connectivity index (χ2n) is 5.06. The average molecular weight is 331 g/mol. The SMILES string of the molecule is O=C(CCc1ccccc1Cl)NCCNC(=O)c1ccccc1. The van der Waals surface area contributed by atoms with Crippen LogP contribution in [0.4, 0.5) is 0 Å². The van der Waals surface area contributed by atoms with Crippen LogP contribution in [0.15, 0.2) is 54.6 Å². The number of nitrogens with one attached hydrogen (secondary N) is 2. The van der Waals surface area contributed by atoms with Crippen molar-refractivity contribution in [3.63, 3.8) is 0 Å². The first-order valence-electron chi connectivity index (χ1n) is 7.50. The van der Waals surface area contributed by atoms with Crippen LogP contribution in [0.1, 0.15) is 22.3 Å². The van der Waals surface area contributed by atoms with E-state index < -0.39 is 0 Å². The van der Waals surface area contributed by atoms with E-state index in [2.05, 4.69) is 10.6 Å². The van der Waals surface area contributed by atoms with Crippen molar-refractivity contribution in [2.75, 3.05) is 13.1 Å². The van der Waals surface area contributed by atoms with Crippen molar-refractivity contribution in [1.29, 1.82) is 0 Å². The van der Waals surface area contributed by atoms with Crippen LogP contribution >= 0.6 is 11.6 Å². The lowest BCUT2D eigenvalue weighted by molar-refractivity contribution is -0.121. The van der Waals surface area contributed by atoms with Gasteiger partial charge in [-0.25, -0.2) is 0 Å². The zero-order chi connectivity index (χ0) is 16.5. The van der Waals surface area contributed by atoms with Crippen molar-refractivity contribution in [1.82, 2.24) is 10.6 Å². The summed E-state index contributed by atoms with van der Waals surface area (Å²) in [5.74, 6) is -0.199. The lowest BCUT2D eigenvalue weighted by Crippen LogP contribution is -2.34. The minimum Gasteiger partial charge on any atom is -0.354 e. The van der Waals surface area contributed by atoms with Gasteiger partial charge in [-0.15, -0.1) is 0 Å². The van der Waals surface area contributed by atoms with Crippen molar-refractivity contribution >= 4 is 23.4 Å². The zero-order valence-electron chi connectivity index (χ0n) is 12.7. The third-order valence-corrected chi connectivity index (χ3v) is 3.72. The van der Waals surface area contributed by atoms with Crippen molar-refractivity contribution < 1.29 is 9.59 Å². The van der Waals surface area contributed by atoms with Crippen LogP contribution < -0.4 is 10.6 Å². The molecule has 4 nitrogen and oxygen atoms in total. The van der Waals surface area contributed by atoms with Crippen molar-refractivity contribution in [2.45, 2.75) is 12.8 Å². The molecule has 2 amide bonds. The molecule has 0 aliphatic rings. The highest BCUT2D eigenvalue weighted by Gasteiger charge is 2.06. The molecule has 2 N–H and O–H groups in total. The Bertz CT molecular complexity index is 659. The number of rotatable bonds is 7. The van der Waals surface area contributed by atoms with Gasteiger partial charge in [-0.2, -0.15) is 0 Å². The molecule has 5 heteroatoms. The van der Waals surface area contributed by atoms with E-state index in [1.807, 2.05) is 42.5 Å². The smallest absolute Gasteiger partial charge is 0.251 e. The molecule has 0 saturated carbocycles. The summed E-state index contributed by atoms with van der Waals surface area (Å²) >= 11 is 6.05. The Morgan fingerprint density at radius 1 is 0.870 bits per heavy atom. The topological polar surface area (TPSA) is 58.2 Å². The predicted molar refractivity (Wildman–Crippen MR) is 91.6 cm³/mol. The first-order chi connectivity index (χ1) is 11.2. The Morgan fingerprint density at radius 3 is 2.26 bits per heavy atom. The van der Waals surface area contributed by atoms with Crippen molar-refractivity contribution in [2.24, 2.45) is 0 Å². The second kappa shape index (κ2) is 8.96. The molecule has 0 aromatic heterocycles. The van der Waals surface area contributed by atoms with E-state index in [1.54, 1.807) is 12.1 Å². The fourth-order valence-corrected chi connectivity index (χ4v) is 2.34. The van der Waals surface area contributed by atoms with Gasteiger partial charge in [0.2, 0.25) is 5.91 Å². The maximum atomic E-state index is 11.8. The molecule has 0 aliphatic heterocycles. The number of amides is 2. The van der Waals surface area contributed by atoms with Crippen molar-refractivity contribution in [3.8, 4) is 0 Å². The van der Waals surface area contributed by atoms with Gasteiger partial charge in [-0.3, -0.25) is 9.59 Å². The Balaban J connectivity index is 1.63. The molecule has 0 aliphatic carbocycles. The Morgan fingerprint density at radius 2 is 1.52 bits per heavy atom. The number of hydrogen-bond donors (Lipinski definition) is 2.